The summed E-state index contributed by atoms with van der Waals surface area (Å²) in [5.74, 6) is 0.741. The average Bonchev–Trinajstić information content (AvgIpc) is 2.94. The highest BCUT2D eigenvalue weighted by Gasteiger charge is 2.33. The van der Waals surface area contributed by atoms with Crippen molar-refractivity contribution < 1.29 is 9.90 Å². The first-order valence-electron chi connectivity index (χ1n) is 8.23. The lowest BCUT2D eigenvalue weighted by Gasteiger charge is -2.33. The second-order valence-electron chi connectivity index (χ2n) is 6.47. The highest BCUT2D eigenvalue weighted by Crippen LogP contribution is 2.24. The van der Waals surface area contributed by atoms with Gasteiger partial charge in [-0.3, -0.25) is 14.7 Å². The molecule has 25 heavy (non-hydrogen) atoms. The van der Waals surface area contributed by atoms with E-state index < -0.39 is 12.0 Å². The number of carboxylic acids is 1. The number of aryl methyl sites for hydroxylation is 2. The number of nitrogens with zero attached hydrogens (tertiary/aromatic N) is 5. The van der Waals surface area contributed by atoms with Crippen LogP contribution in [0.1, 0.15) is 22.9 Å². The topological polar surface area (TPSA) is 84.1 Å². The number of carbonyl (C=O) groups is 1. The van der Waals surface area contributed by atoms with Crippen molar-refractivity contribution in [1.29, 1.82) is 0 Å². The number of benzene rings is 1. The van der Waals surface area contributed by atoms with Crippen molar-refractivity contribution in [1.82, 2.24) is 24.6 Å². The molecule has 1 atom stereocenters. The summed E-state index contributed by atoms with van der Waals surface area (Å²) in [5.41, 5.74) is 2.94. The maximum Gasteiger partial charge on any atom is 0.322 e. The Bertz CT molecular complexity index is 965. The smallest absolute Gasteiger partial charge is 0.322 e. The van der Waals surface area contributed by atoms with Gasteiger partial charge < -0.3 is 9.67 Å². The Kier molecular flexibility index (Phi) is 3.73. The lowest BCUT2D eigenvalue weighted by Crippen LogP contribution is -2.47. The molecule has 3 heterocycles. The van der Waals surface area contributed by atoms with Gasteiger partial charge in [0.05, 0.1) is 18.6 Å². The van der Waals surface area contributed by atoms with Gasteiger partial charge in [-0.2, -0.15) is 0 Å². The molecule has 7 nitrogen and oxygen atoms in total. The molecular weight excluding hydrogens is 318 g/mol. The van der Waals surface area contributed by atoms with Crippen molar-refractivity contribution in [3.63, 3.8) is 0 Å². The zero-order valence-corrected chi connectivity index (χ0v) is 14.2. The van der Waals surface area contributed by atoms with Crippen molar-refractivity contribution in [3.05, 3.63) is 53.2 Å². The average molecular weight is 337 g/mol. The van der Waals surface area contributed by atoms with Gasteiger partial charge >= 0.3 is 5.97 Å². The lowest BCUT2D eigenvalue weighted by atomic mass is 10.1. The van der Waals surface area contributed by atoms with Crippen LogP contribution in [0, 0.1) is 13.8 Å². The molecule has 1 aromatic carbocycles. The van der Waals surface area contributed by atoms with Gasteiger partial charge in [0.1, 0.15) is 17.7 Å². The standard InChI is InChI=1S/C18H19N5O2/c1-11-7-13(14-5-3-4-6-15(14)19-11)8-22-10-17-21-20-12(2)23(17)9-16(22)18(24)25/h3-7,16H,8-10H2,1-2H3,(H,24,25). The van der Waals surface area contributed by atoms with Crippen LogP contribution in [0.3, 0.4) is 0 Å². The molecule has 7 heteroatoms. The first-order valence-corrected chi connectivity index (χ1v) is 8.23. The fourth-order valence-corrected chi connectivity index (χ4v) is 3.50. The minimum atomic E-state index is -0.825. The summed E-state index contributed by atoms with van der Waals surface area (Å²) < 4.78 is 1.89. The molecule has 2 aromatic heterocycles. The monoisotopic (exact) mass is 337 g/mol. The third kappa shape index (κ3) is 2.76. The molecule has 1 N–H and O–H groups in total. The third-order valence-corrected chi connectivity index (χ3v) is 4.74. The number of fused-ring (bicyclic) bond motifs is 2. The molecule has 4 rings (SSSR count). The predicted molar refractivity (Wildman–Crippen MR) is 91.9 cm³/mol. The van der Waals surface area contributed by atoms with E-state index in [2.05, 4.69) is 15.2 Å². The molecular formula is C18H19N5O2. The maximum absolute atomic E-state index is 11.8. The summed E-state index contributed by atoms with van der Waals surface area (Å²) >= 11 is 0. The van der Waals surface area contributed by atoms with Gasteiger partial charge in [-0.05, 0) is 31.5 Å². The van der Waals surface area contributed by atoms with E-state index in [0.717, 1.165) is 33.8 Å². The normalized spacial score (nSPS) is 17.6. The quantitative estimate of drug-likeness (QED) is 0.786. The molecule has 128 valence electrons. The van der Waals surface area contributed by atoms with Crippen LogP contribution in [0.15, 0.2) is 30.3 Å². The molecule has 0 amide bonds. The van der Waals surface area contributed by atoms with E-state index in [4.69, 9.17) is 0 Å². The SMILES string of the molecule is Cc1cc(CN2Cc3nnc(C)n3CC2C(=O)O)c2ccccc2n1. The van der Waals surface area contributed by atoms with E-state index in [0.29, 0.717) is 19.6 Å². The van der Waals surface area contributed by atoms with E-state index in [9.17, 15) is 9.90 Å². The number of pyridine rings is 1. The van der Waals surface area contributed by atoms with Crippen LogP contribution in [0.4, 0.5) is 0 Å². The first kappa shape index (κ1) is 15.7. The van der Waals surface area contributed by atoms with E-state index in [-0.39, 0.29) is 0 Å². The van der Waals surface area contributed by atoms with Gasteiger partial charge in [-0.15, -0.1) is 10.2 Å². The number of carboxylic acid groups (broad SMARTS) is 1. The summed E-state index contributed by atoms with van der Waals surface area (Å²) in [7, 11) is 0. The Labute approximate surface area is 144 Å². The number of hydrogen-bond acceptors (Lipinski definition) is 5. The Morgan fingerprint density at radius 3 is 2.88 bits per heavy atom. The van der Waals surface area contributed by atoms with Crippen LogP contribution in [-0.4, -0.2) is 41.8 Å². The van der Waals surface area contributed by atoms with E-state index >= 15 is 0 Å². The lowest BCUT2D eigenvalue weighted by molar-refractivity contribution is -0.145. The molecule has 0 saturated heterocycles. The molecule has 0 aliphatic carbocycles. The van der Waals surface area contributed by atoms with Crippen molar-refractivity contribution in [2.24, 2.45) is 0 Å². The molecule has 0 fully saturated rings. The summed E-state index contributed by atoms with van der Waals surface area (Å²) in [6.45, 7) is 5.18. The van der Waals surface area contributed by atoms with E-state index in [1.807, 2.05) is 53.6 Å². The second kappa shape index (κ2) is 5.93. The fraction of sp³-hybridized carbons (Fsp3) is 0.333. The van der Waals surface area contributed by atoms with Crippen LogP contribution in [0.5, 0.6) is 0 Å². The van der Waals surface area contributed by atoms with Gasteiger partial charge in [0, 0.05) is 17.6 Å². The van der Waals surface area contributed by atoms with Crippen molar-refractivity contribution in [3.8, 4) is 0 Å². The minimum Gasteiger partial charge on any atom is -0.480 e. The third-order valence-electron chi connectivity index (χ3n) is 4.74. The Balaban J connectivity index is 1.73. The highest BCUT2D eigenvalue weighted by molar-refractivity contribution is 5.82. The zero-order valence-electron chi connectivity index (χ0n) is 14.2. The van der Waals surface area contributed by atoms with Crippen LogP contribution in [0.25, 0.3) is 10.9 Å². The molecule has 3 aromatic rings. The number of aromatic nitrogens is 4. The summed E-state index contributed by atoms with van der Waals surface area (Å²) in [5, 5.41) is 19.0. The number of hydrogen-bond donors (Lipinski definition) is 1. The van der Waals surface area contributed by atoms with Gasteiger partial charge in [-0.25, -0.2) is 0 Å². The fourth-order valence-electron chi connectivity index (χ4n) is 3.50. The zero-order chi connectivity index (χ0) is 17.6. The second-order valence-corrected chi connectivity index (χ2v) is 6.47. The Morgan fingerprint density at radius 1 is 1.28 bits per heavy atom. The summed E-state index contributed by atoms with van der Waals surface area (Å²) in [6.07, 6.45) is 0. The van der Waals surface area contributed by atoms with Crippen LogP contribution < -0.4 is 0 Å². The van der Waals surface area contributed by atoms with Crippen LogP contribution >= 0.6 is 0 Å². The summed E-state index contributed by atoms with van der Waals surface area (Å²) in [4.78, 5) is 18.3. The molecule has 1 aliphatic heterocycles. The van der Waals surface area contributed by atoms with Crippen molar-refractivity contribution in [2.75, 3.05) is 0 Å². The van der Waals surface area contributed by atoms with Crippen molar-refractivity contribution in [2.45, 2.75) is 39.5 Å². The number of aliphatic carboxylic acids is 1. The van der Waals surface area contributed by atoms with Crippen molar-refractivity contribution >= 4 is 16.9 Å². The first-order chi connectivity index (χ1) is 12.0. The molecule has 0 radical (unpaired) electrons. The van der Waals surface area contributed by atoms with Gasteiger partial charge in [-0.1, -0.05) is 18.2 Å². The predicted octanol–water partition coefficient (Wildman–Crippen LogP) is 1.91. The maximum atomic E-state index is 11.8. The number of para-hydroxylation sites is 1. The molecule has 0 spiro atoms. The molecule has 1 aliphatic rings. The van der Waals surface area contributed by atoms with Gasteiger partial charge in [0.2, 0.25) is 0 Å². The molecule has 1 unspecified atom stereocenters. The van der Waals surface area contributed by atoms with Gasteiger partial charge in [0.25, 0.3) is 0 Å². The largest absolute Gasteiger partial charge is 0.480 e. The summed E-state index contributed by atoms with van der Waals surface area (Å²) in [6, 6.07) is 9.39. The van der Waals surface area contributed by atoms with Crippen LogP contribution in [0.2, 0.25) is 0 Å². The van der Waals surface area contributed by atoms with E-state index in [1.165, 1.54) is 0 Å². The number of rotatable bonds is 3. The van der Waals surface area contributed by atoms with E-state index in [1.54, 1.807) is 0 Å². The highest BCUT2D eigenvalue weighted by atomic mass is 16.4. The Hall–Kier alpha value is -2.80. The van der Waals surface area contributed by atoms with Crippen LogP contribution in [-0.2, 0) is 24.4 Å². The minimum absolute atomic E-state index is 0.367. The molecule has 0 saturated carbocycles. The Morgan fingerprint density at radius 2 is 2.08 bits per heavy atom. The van der Waals surface area contributed by atoms with Gasteiger partial charge in [0.15, 0.2) is 0 Å². The molecule has 0 bridgehead atoms.